The molecule has 0 saturated carbocycles. The van der Waals surface area contributed by atoms with Crippen molar-refractivity contribution in [2.45, 2.75) is 13.8 Å². The second-order valence-electron chi connectivity index (χ2n) is 6.82. The van der Waals surface area contributed by atoms with Crippen LogP contribution >= 0.6 is 0 Å². The van der Waals surface area contributed by atoms with Gasteiger partial charge in [0, 0.05) is 42.9 Å². The molecule has 156 valence electrons. The Kier molecular flexibility index (Phi) is 6.69. The number of amides is 2. The van der Waals surface area contributed by atoms with Crippen LogP contribution in [0.25, 0.3) is 0 Å². The Morgan fingerprint density at radius 2 is 1.50 bits per heavy atom. The largest absolute Gasteiger partial charge is 0.494 e. The number of nitrogens with one attached hydrogen (secondary N) is 3. The van der Waals surface area contributed by atoms with Crippen LogP contribution in [0.2, 0.25) is 0 Å². The molecular formula is C22H26N6O2. The van der Waals surface area contributed by atoms with E-state index in [1.165, 1.54) is 0 Å². The van der Waals surface area contributed by atoms with E-state index in [2.05, 4.69) is 25.9 Å². The van der Waals surface area contributed by atoms with Crippen molar-refractivity contribution in [3.05, 3.63) is 60.3 Å². The molecule has 0 atom stereocenters. The SMILES string of the molecule is CCOc1ccc(NC(=O)Nc2ccc(Nc3nc(C)cc(N(C)C)n3)cc2)cc1. The Morgan fingerprint density at radius 3 is 2.07 bits per heavy atom. The highest BCUT2D eigenvalue weighted by atomic mass is 16.5. The summed E-state index contributed by atoms with van der Waals surface area (Å²) in [4.78, 5) is 23.0. The van der Waals surface area contributed by atoms with Gasteiger partial charge in [-0.25, -0.2) is 9.78 Å². The van der Waals surface area contributed by atoms with Gasteiger partial charge < -0.3 is 25.6 Å². The summed E-state index contributed by atoms with van der Waals surface area (Å²) in [7, 11) is 3.87. The summed E-state index contributed by atoms with van der Waals surface area (Å²) >= 11 is 0. The van der Waals surface area contributed by atoms with E-state index in [0.717, 1.165) is 22.9 Å². The zero-order valence-electron chi connectivity index (χ0n) is 17.6. The minimum absolute atomic E-state index is 0.322. The third-order valence-corrected chi connectivity index (χ3v) is 4.12. The van der Waals surface area contributed by atoms with Crippen LogP contribution in [0.15, 0.2) is 54.6 Å². The Morgan fingerprint density at radius 1 is 0.933 bits per heavy atom. The monoisotopic (exact) mass is 406 g/mol. The molecule has 30 heavy (non-hydrogen) atoms. The van der Waals surface area contributed by atoms with Crippen molar-refractivity contribution in [1.29, 1.82) is 0 Å². The first-order chi connectivity index (χ1) is 14.4. The molecule has 2 amide bonds. The molecule has 8 heteroatoms. The van der Waals surface area contributed by atoms with Crippen LogP contribution in [0.3, 0.4) is 0 Å². The number of carbonyl (C=O) groups is 1. The molecule has 0 aliphatic carbocycles. The quantitative estimate of drug-likeness (QED) is 0.530. The van der Waals surface area contributed by atoms with Gasteiger partial charge in [0.2, 0.25) is 5.95 Å². The molecule has 3 aromatic rings. The number of benzene rings is 2. The van der Waals surface area contributed by atoms with E-state index in [1.54, 1.807) is 12.1 Å². The highest BCUT2D eigenvalue weighted by Gasteiger charge is 2.06. The molecule has 0 radical (unpaired) electrons. The summed E-state index contributed by atoms with van der Waals surface area (Å²) in [6.07, 6.45) is 0. The van der Waals surface area contributed by atoms with Crippen LogP contribution in [-0.2, 0) is 0 Å². The molecule has 1 heterocycles. The first kappa shape index (κ1) is 20.9. The number of hydrogen-bond donors (Lipinski definition) is 3. The molecular weight excluding hydrogens is 380 g/mol. The minimum Gasteiger partial charge on any atom is -0.494 e. The molecule has 0 aliphatic rings. The van der Waals surface area contributed by atoms with E-state index in [9.17, 15) is 4.79 Å². The van der Waals surface area contributed by atoms with Crippen molar-refractivity contribution in [2.75, 3.05) is 41.6 Å². The number of anilines is 5. The lowest BCUT2D eigenvalue weighted by molar-refractivity contribution is 0.262. The Bertz CT molecular complexity index is 988. The average molecular weight is 406 g/mol. The van der Waals surface area contributed by atoms with Crippen molar-refractivity contribution < 1.29 is 9.53 Å². The summed E-state index contributed by atoms with van der Waals surface area (Å²) < 4.78 is 5.39. The van der Waals surface area contributed by atoms with Gasteiger partial charge in [0.25, 0.3) is 0 Å². The maximum atomic E-state index is 12.2. The molecule has 0 aliphatic heterocycles. The number of nitrogens with zero attached hydrogens (tertiary/aromatic N) is 3. The highest BCUT2D eigenvalue weighted by Crippen LogP contribution is 2.20. The number of carbonyl (C=O) groups excluding carboxylic acids is 1. The Hall–Kier alpha value is -3.81. The smallest absolute Gasteiger partial charge is 0.323 e. The van der Waals surface area contributed by atoms with Gasteiger partial charge in [0.05, 0.1) is 6.61 Å². The van der Waals surface area contributed by atoms with Crippen LogP contribution < -0.4 is 25.6 Å². The second-order valence-corrected chi connectivity index (χ2v) is 6.82. The fraction of sp³-hybridized carbons (Fsp3) is 0.227. The molecule has 8 nitrogen and oxygen atoms in total. The van der Waals surface area contributed by atoms with E-state index in [0.29, 0.717) is 23.9 Å². The summed E-state index contributed by atoms with van der Waals surface area (Å²) in [5, 5.41) is 8.79. The van der Waals surface area contributed by atoms with Crippen LogP contribution in [0.4, 0.5) is 33.6 Å². The van der Waals surface area contributed by atoms with Crippen molar-refractivity contribution in [2.24, 2.45) is 0 Å². The predicted octanol–water partition coefficient (Wildman–Crippen LogP) is 4.64. The second kappa shape index (κ2) is 9.60. The molecule has 0 saturated heterocycles. The number of urea groups is 1. The average Bonchev–Trinajstić information content (AvgIpc) is 2.71. The minimum atomic E-state index is -0.322. The van der Waals surface area contributed by atoms with Gasteiger partial charge in [-0.15, -0.1) is 0 Å². The van der Waals surface area contributed by atoms with Crippen LogP contribution in [-0.4, -0.2) is 36.7 Å². The van der Waals surface area contributed by atoms with Gasteiger partial charge in [-0.05, 0) is 62.4 Å². The summed E-state index contributed by atoms with van der Waals surface area (Å²) in [5.74, 6) is 2.11. The molecule has 0 bridgehead atoms. The lowest BCUT2D eigenvalue weighted by atomic mass is 10.3. The lowest BCUT2D eigenvalue weighted by Gasteiger charge is -2.14. The van der Waals surface area contributed by atoms with Crippen LogP contribution in [0.1, 0.15) is 12.6 Å². The molecule has 3 rings (SSSR count). The molecule has 0 spiro atoms. The Balaban J connectivity index is 1.58. The molecule has 0 unspecified atom stereocenters. The molecule has 0 fully saturated rings. The summed E-state index contributed by atoms with van der Waals surface area (Å²) in [5.41, 5.74) is 3.05. The van der Waals surface area contributed by atoms with Gasteiger partial charge in [-0.3, -0.25) is 0 Å². The fourth-order valence-electron chi connectivity index (χ4n) is 2.70. The number of rotatable bonds is 7. The van der Waals surface area contributed by atoms with Crippen molar-refractivity contribution in [3.63, 3.8) is 0 Å². The number of aromatic nitrogens is 2. The lowest BCUT2D eigenvalue weighted by Crippen LogP contribution is -2.19. The van der Waals surface area contributed by atoms with E-state index in [4.69, 9.17) is 4.74 Å². The van der Waals surface area contributed by atoms with Gasteiger partial charge >= 0.3 is 6.03 Å². The standard InChI is InChI=1S/C22H26N6O2/c1-5-30-19-12-10-18(11-13-19)26-22(29)25-17-8-6-16(7-9-17)24-21-23-15(2)14-20(27-21)28(3)4/h6-14H,5H2,1-4H3,(H,23,24,27)(H2,25,26,29). The molecule has 1 aromatic heterocycles. The normalized spacial score (nSPS) is 10.3. The first-order valence-corrected chi connectivity index (χ1v) is 9.64. The van der Waals surface area contributed by atoms with Gasteiger partial charge in [0.1, 0.15) is 11.6 Å². The van der Waals surface area contributed by atoms with Crippen molar-refractivity contribution in [1.82, 2.24) is 9.97 Å². The van der Waals surface area contributed by atoms with Crippen molar-refractivity contribution >= 4 is 34.9 Å². The van der Waals surface area contributed by atoms with Gasteiger partial charge in [0.15, 0.2) is 0 Å². The number of hydrogen-bond acceptors (Lipinski definition) is 6. The van der Waals surface area contributed by atoms with E-state index in [1.807, 2.05) is 75.3 Å². The van der Waals surface area contributed by atoms with E-state index in [-0.39, 0.29) is 6.03 Å². The van der Waals surface area contributed by atoms with Crippen molar-refractivity contribution in [3.8, 4) is 5.75 Å². The van der Waals surface area contributed by atoms with E-state index < -0.39 is 0 Å². The van der Waals surface area contributed by atoms with Crippen LogP contribution in [0.5, 0.6) is 5.75 Å². The Labute approximate surface area is 176 Å². The third-order valence-electron chi connectivity index (χ3n) is 4.12. The maximum Gasteiger partial charge on any atom is 0.323 e. The third kappa shape index (κ3) is 5.84. The maximum absolute atomic E-state index is 12.2. The zero-order chi connectivity index (χ0) is 21.5. The first-order valence-electron chi connectivity index (χ1n) is 9.64. The summed E-state index contributed by atoms with van der Waals surface area (Å²) in [6.45, 7) is 4.45. The number of ether oxygens (including phenoxy) is 1. The molecule has 3 N–H and O–H groups in total. The van der Waals surface area contributed by atoms with Crippen LogP contribution in [0, 0.1) is 6.92 Å². The topological polar surface area (TPSA) is 91.4 Å². The zero-order valence-corrected chi connectivity index (χ0v) is 17.6. The highest BCUT2D eigenvalue weighted by molar-refractivity contribution is 5.99. The van der Waals surface area contributed by atoms with E-state index >= 15 is 0 Å². The van der Waals surface area contributed by atoms with Gasteiger partial charge in [-0.1, -0.05) is 0 Å². The fourth-order valence-corrected chi connectivity index (χ4v) is 2.70. The van der Waals surface area contributed by atoms with Gasteiger partial charge in [-0.2, -0.15) is 4.98 Å². The predicted molar refractivity (Wildman–Crippen MR) is 121 cm³/mol. The number of aryl methyl sites for hydroxylation is 1. The summed E-state index contributed by atoms with van der Waals surface area (Å²) in [6, 6.07) is 16.1. The molecule has 2 aromatic carbocycles.